The zero-order chi connectivity index (χ0) is 42.5. The number of esters is 1. The Morgan fingerprint density at radius 1 is 0.902 bits per heavy atom. The normalized spacial score (nSPS) is 20.6. The first kappa shape index (κ1) is 42.3. The topological polar surface area (TPSA) is 147 Å². The fraction of sp³-hybridized carbons (Fsp3) is 0.383. The number of hydrogen-bond acceptors (Lipinski definition) is 9. The van der Waals surface area contributed by atoms with Crippen LogP contribution in [-0.2, 0) is 36.5 Å². The Labute approximate surface area is 360 Å². The molecular formula is C47H52N5O7PS. The van der Waals surface area contributed by atoms with Gasteiger partial charge in [-0.15, -0.1) is 11.3 Å². The van der Waals surface area contributed by atoms with Crippen molar-refractivity contribution >= 4 is 52.6 Å². The summed E-state index contributed by atoms with van der Waals surface area (Å²) in [5, 5.41) is 6.90. The molecule has 1 unspecified atom stereocenters. The molecule has 12 nitrogen and oxygen atoms in total. The average Bonchev–Trinajstić information content (AvgIpc) is 3.83. The zero-order valence-electron chi connectivity index (χ0n) is 34.5. The highest BCUT2D eigenvalue weighted by Gasteiger charge is 2.47. The number of para-hydroxylation sites is 1. The number of thiophene rings is 1. The van der Waals surface area contributed by atoms with Gasteiger partial charge in [-0.1, -0.05) is 74.5 Å². The number of pyridine rings is 1. The average molecular weight is 862 g/mol. The van der Waals surface area contributed by atoms with Gasteiger partial charge in [-0.25, -0.2) is 5.09 Å². The van der Waals surface area contributed by atoms with Gasteiger partial charge in [0.1, 0.15) is 30.5 Å². The molecule has 5 aromatic rings. The standard InChI is InChI=1S/C47H52N5O7PS/c1-31(2)23-40(47(56)58-29-32-11-5-3-6-12-32)50-60(57,59-38-15-7-4-8-16-38)30-33-18-21-42-35(24-33)25-43(61-42)44(53)49-39-17-9-14-37-19-20-41(52(37)45(39)54)46(55)51-27-36(28-51)34-13-10-22-48-26-34/h3-8,10-13,15-16,18,21-22,24-26,31,36-37,39-41H,9,14,17,19-20,23,27-30H2,1-2H3,(H,49,53)(H,50,57)/t37-,39-,40-,41-,60?/m0/s1. The molecule has 0 saturated carbocycles. The Kier molecular flexibility index (Phi) is 13.0. The number of aromatic nitrogens is 1. The number of ether oxygens (including phenoxy) is 1. The van der Waals surface area contributed by atoms with Crippen LogP contribution < -0.4 is 14.9 Å². The molecule has 0 spiro atoms. The monoisotopic (exact) mass is 861 g/mol. The summed E-state index contributed by atoms with van der Waals surface area (Å²) < 4.78 is 27.6. The third-order valence-corrected chi connectivity index (χ3v) is 14.9. The summed E-state index contributed by atoms with van der Waals surface area (Å²) >= 11 is 1.31. The molecule has 3 fully saturated rings. The van der Waals surface area contributed by atoms with E-state index in [1.165, 1.54) is 11.3 Å². The molecule has 0 aliphatic carbocycles. The first-order chi connectivity index (χ1) is 29.5. The molecule has 5 atom stereocenters. The molecule has 3 saturated heterocycles. The van der Waals surface area contributed by atoms with Crippen molar-refractivity contribution in [3.05, 3.63) is 131 Å². The van der Waals surface area contributed by atoms with E-state index in [-0.39, 0.29) is 48.4 Å². The molecule has 3 aliphatic heterocycles. The summed E-state index contributed by atoms with van der Waals surface area (Å²) in [7, 11) is -3.79. The maximum atomic E-state index is 14.9. The largest absolute Gasteiger partial charge is 0.460 e. The summed E-state index contributed by atoms with van der Waals surface area (Å²) in [6.45, 7) is 5.28. The number of likely N-dealkylation sites (tertiary alicyclic amines) is 1. The van der Waals surface area contributed by atoms with Crippen LogP contribution >= 0.6 is 18.9 Å². The Morgan fingerprint density at radius 2 is 1.67 bits per heavy atom. The molecule has 3 amide bonds. The van der Waals surface area contributed by atoms with Gasteiger partial charge in [0, 0.05) is 42.1 Å². The number of amides is 3. The van der Waals surface area contributed by atoms with E-state index in [1.54, 1.807) is 41.4 Å². The molecule has 61 heavy (non-hydrogen) atoms. The van der Waals surface area contributed by atoms with Gasteiger partial charge in [-0.3, -0.25) is 28.7 Å². The van der Waals surface area contributed by atoms with Crippen LogP contribution in [0.25, 0.3) is 10.1 Å². The second-order valence-electron chi connectivity index (χ2n) is 16.8. The van der Waals surface area contributed by atoms with Crippen molar-refractivity contribution in [2.24, 2.45) is 5.92 Å². The quantitative estimate of drug-likeness (QED) is 0.0788. The third-order valence-electron chi connectivity index (χ3n) is 11.8. The lowest BCUT2D eigenvalue weighted by Gasteiger charge is -2.42. The zero-order valence-corrected chi connectivity index (χ0v) is 36.2. The van der Waals surface area contributed by atoms with Gasteiger partial charge in [0.05, 0.1) is 11.0 Å². The number of rotatable bonds is 15. The number of nitrogens with zero attached hydrogens (tertiary/aromatic N) is 3. The van der Waals surface area contributed by atoms with Crippen LogP contribution in [0.15, 0.2) is 109 Å². The molecule has 318 valence electrons. The fourth-order valence-corrected chi connectivity index (χ4v) is 11.7. The van der Waals surface area contributed by atoms with E-state index in [2.05, 4.69) is 15.4 Å². The van der Waals surface area contributed by atoms with Gasteiger partial charge in [0.15, 0.2) is 0 Å². The molecule has 0 radical (unpaired) electrons. The maximum absolute atomic E-state index is 14.9. The van der Waals surface area contributed by atoms with E-state index >= 15 is 0 Å². The molecular weight excluding hydrogens is 810 g/mol. The summed E-state index contributed by atoms with van der Waals surface area (Å²) in [5.74, 6) is -0.353. The lowest BCUT2D eigenvalue weighted by atomic mass is 9.92. The highest BCUT2D eigenvalue weighted by atomic mass is 32.1. The van der Waals surface area contributed by atoms with E-state index in [4.69, 9.17) is 9.26 Å². The molecule has 0 bridgehead atoms. The van der Waals surface area contributed by atoms with Gasteiger partial charge in [0.2, 0.25) is 11.8 Å². The molecule has 2 N–H and O–H groups in total. The van der Waals surface area contributed by atoms with E-state index in [0.29, 0.717) is 48.5 Å². The van der Waals surface area contributed by atoms with Crippen molar-refractivity contribution in [2.45, 2.75) is 95.2 Å². The van der Waals surface area contributed by atoms with Crippen LogP contribution in [0.3, 0.4) is 0 Å². The second kappa shape index (κ2) is 18.7. The molecule has 5 heterocycles. The predicted octanol–water partition coefficient (Wildman–Crippen LogP) is 8.08. The Bertz CT molecular complexity index is 2390. The van der Waals surface area contributed by atoms with E-state index < -0.39 is 31.6 Å². The Hall–Kier alpha value is -5.36. The number of carbonyl (C=O) groups excluding carboxylic acids is 4. The highest BCUT2D eigenvalue weighted by molar-refractivity contribution is 7.56. The summed E-state index contributed by atoms with van der Waals surface area (Å²) in [5.41, 5.74) is 2.65. The van der Waals surface area contributed by atoms with E-state index in [0.717, 1.165) is 40.5 Å². The van der Waals surface area contributed by atoms with Gasteiger partial charge in [-0.05, 0) is 103 Å². The smallest absolute Gasteiger partial charge is 0.323 e. The Morgan fingerprint density at radius 3 is 2.41 bits per heavy atom. The van der Waals surface area contributed by atoms with E-state index in [9.17, 15) is 23.7 Å². The van der Waals surface area contributed by atoms with Gasteiger partial charge >= 0.3 is 13.5 Å². The third kappa shape index (κ3) is 10.1. The van der Waals surface area contributed by atoms with Crippen LogP contribution in [0.5, 0.6) is 5.75 Å². The van der Waals surface area contributed by atoms with Crippen LogP contribution in [0.2, 0.25) is 0 Å². The SMILES string of the molecule is CC(C)C[C@H](NP(=O)(Cc1ccc2sc(C(=O)N[C@H]3CCC[C@H]4CC[C@@H](C(=O)N5CC(c6cccnc6)C5)N4C3=O)cc2c1)Oc1ccccc1)C(=O)OCc1ccccc1. The maximum Gasteiger partial charge on any atom is 0.323 e. The van der Waals surface area contributed by atoms with Crippen molar-refractivity contribution in [3.63, 3.8) is 0 Å². The van der Waals surface area contributed by atoms with Crippen molar-refractivity contribution in [1.82, 2.24) is 25.2 Å². The Balaban J connectivity index is 0.949. The summed E-state index contributed by atoms with van der Waals surface area (Å²) in [6.07, 6.45) is 7.39. The predicted molar refractivity (Wildman–Crippen MR) is 235 cm³/mol. The fourth-order valence-electron chi connectivity index (χ4n) is 8.70. The van der Waals surface area contributed by atoms with Crippen molar-refractivity contribution in [3.8, 4) is 5.75 Å². The van der Waals surface area contributed by atoms with Gasteiger partial charge in [-0.2, -0.15) is 0 Å². The number of nitrogens with one attached hydrogen (secondary N) is 2. The highest BCUT2D eigenvalue weighted by Crippen LogP contribution is 2.48. The summed E-state index contributed by atoms with van der Waals surface area (Å²) in [4.78, 5) is 63.5. The minimum Gasteiger partial charge on any atom is -0.460 e. The minimum atomic E-state index is -3.79. The first-order valence-electron chi connectivity index (χ1n) is 21.2. The molecule has 3 aromatic carbocycles. The van der Waals surface area contributed by atoms with Crippen molar-refractivity contribution in [2.75, 3.05) is 13.1 Å². The minimum absolute atomic E-state index is 0.0154. The molecule has 2 aromatic heterocycles. The molecule has 3 aliphatic rings. The number of benzene rings is 3. The number of hydrogen-bond donors (Lipinski definition) is 2. The second-order valence-corrected chi connectivity index (χ2v) is 20.0. The van der Waals surface area contributed by atoms with Crippen LogP contribution in [0, 0.1) is 5.92 Å². The summed E-state index contributed by atoms with van der Waals surface area (Å²) in [6, 6.07) is 27.4. The first-order valence-corrected chi connectivity index (χ1v) is 23.8. The van der Waals surface area contributed by atoms with Crippen molar-refractivity contribution in [1.29, 1.82) is 0 Å². The lowest BCUT2D eigenvalue weighted by molar-refractivity contribution is -0.148. The number of carbonyl (C=O) groups is 4. The van der Waals surface area contributed by atoms with Gasteiger partial charge in [0.25, 0.3) is 5.91 Å². The van der Waals surface area contributed by atoms with E-state index in [1.807, 2.05) is 91.7 Å². The van der Waals surface area contributed by atoms with Gasteiger partial charge < -0.3 is 24.4 Å². The van der Waals surface area contributed by atoms with Crippen LogP contribution in [0.4, 0.5) is 0 Å². The molecule has 14 heteroatoms. The molecule has 8 rings (SSSR count). The number of fused-ring (bicyclic) bond motifs is 2. The van der Waals surface area contributed by atoms with Crippen molar-refractivity contribution < 1.29 is 33.0 Å². The lowest BCUT2D eigenvalue weighted by Crippen LogP contribution is -2.58. The van der Waals surface area contributed by atoms with Crippen LogP contribution in [0.1, 0.15) is 84.7 Å². The van der Waals surface area contributed by atoms with Crippen LogP contribution in [-0.4, -0.2) is 75.7 Å².